The average molecular weight is 382 g/mol. The first-order valence-corrected chi connectivity index (χ1v) is 7.68. The van der Waals surface area contributed by atoms with Gasteiger partial charge in [-0.15, -0.1) is 0 Å². The van der Waals surface area contributed by atoms with Gasteiger partial charge in [-0.25, -0.2) is 0 Å². The number of amides is 1. The number of oxime groups is 1. The van der Waals surface area contributed by atoms with Gasteiger partial charge in [0.1, 0.15) is 0 Å². The van der Waals surface area contributed by atoms with E-state index in [1.165, 1.54) is 0 Å². The molecule has 4 nitrogen and oxygen atoms in total. The Balaban J connectivity index is 1.83. The van der Waals surface area contributed by atoms with E-state index in [0.717, 1.165) is 15.6 Å². The molecule has 0 saturated heterocycles. The summed E-state index contributed by atoms with van der Waals surface area (Å²) >= 11 is 9.25. The first kappa shape index (κ1) is 16.5. The van der Waals surface area contributed by atoms with Crippen molar-refractivity contribution in [3.05, 3.63) is 63.1 Å². The lowest BCUT2D eigenvalue weighted by Crippen LogP contribution is -2.17. The van der Waals surface area contributed by atoms with Gasteiger partial charge in [-0.2, -0.15) is 0 Å². The minimum Gasteiger partial charge on any atom is -0.386 e. The Morgan fingerprint density at radius 1 is 1.32 bits per heavy atom. The lowest BCUT2D eigenvalue weighted by Gasteiger charge is -2.07. The van der Waals surface area contributed by atoms with Crippen molar-refractivity contribution in [2.24, 2.45) is 5.16 Å². The van der Waals surface area contributed by atoms with Crippen LogP contribution >= 0.6 is 27.5 Å². The second kappa shape index (κ2) is 7.96. The second-order valence-electron chi connectivity index (χ2n) is 4.57. The number of benzene rings is 2. The Labute approximate surface area is 142 Å². The SMILES string of the molecule is Cc1ccc(Cl)cc1NC(=O)CON=Cc1ccc(Br)cc1. The summed E-state index contributed by atoms with van der Waals surface area (Å²) in [4.78, 5) is 16.8. The van der Waals surface area contributed by atoms with Crippen LogP contribution in [0, 0.1) is 6.92 Å². The van der Waals surface area contributed by atoms with Crippen molar-refractivity contribution in [1.29, 1.82) is 0 Å². The molecule has 2 aromatic rings. The Kier molecular flexibility index (Phi) is 5.98. The largest absolute Gasteiger partial charge is 0.386 e. The molecule has 0 bridgehead atoms. The van der Waals surface area contributed by atoms with E-state index in [4.69, 9.17) is 16.4 Å². The van der Waals surface area contributed by atoms with Crippen molar-refractivity contribution in [2.45, 2.75) is 6.92 Å². The number of carbonyl (C=O) groups is 1. The van der Waals surface area contributed by atoms with Crippen LogP contribution in [0.15, 0.2) is 52.1 Å². The van der Waals surface area contributed by atoms with Crippen LogP contribution in [0.25, 0.3) is 0 Å². The summed E-state index contributed by atoms with van der Waals surface area (Å²) in [6.07, 6.45) is 1.55. The van der Waals surface area contributed by atoms with E-state index in [-0.39, 0.29) is 12.5 Å². The zero-order valence-corrected chi connectivity index (χ0v) is 14.2. The van der Waals surface area contributed by atoms with Gasteiger partial charge in [0.05, 0.1) is 6.21 Å². The van der Waals surface area contributed by atoms with Crippen LogP contribution in [0.2, 0.25) is 5.02 Å². The van der Waals surface area contributed by atoms with Crippen LogP contribution in [-0.2, 0) is 9.63 Å². The third kappa shape index (κ3) is 5.16. The van der Waals surface area contributed by atoms with E-state index < -0.39 is 0 Å². The van der Waals surface area contributed by atoms with Crippen LogP contribution in [0.1, 0.15) is 11.1 Å². The molecular formula is C16H14BrClN2O2. The highest BCUT2D eigenvalue weighted by atomic mass is 79.9. The maximum atomic E-state index is 11.8. The molecule has 0 radical (unpaired) electrons. The monoisotopic (exact) mass is 380 g/mol. The Hall–Kier alpha value is -1.85. The zero-order valence-electron chi connectivity index (χ0n) is 11.8. The number of aryl methyl sites for hydroxylation is 1. The van der Waals surface area contributed by atoms with E-state index in [1.54, 1.807) is 18.3 Å². The van der Waals surface area contributed by atoms with Crippen LogP contribution < -0.4 is 5.32 Å². The standard InChI is InChI=1S/C16H14BrClN2O2/c1-11-2-7-14(18)8-15(11)20-16(21)10-22-19-9-12-3-5-13(17)6-4-12/h2-9H,10H2,1H3,(H,20,21). The predicted molar refractivity (Wildman–Crippen MR) is 92.5 cm³/mol. The number of rotatable bonds is 5. The predicted octanol–water partition coefficient (Wildman–Crippen LogP) is 4.40. The van der Waals surface area contributed by atoms with Gasteiger partial charge in [-0.3, -0.25) is 4.79 Å². The van der Waals surface area contributed by atoms with Crippen LogP contribution in [-0.4, -0.2) is 18.7 Å². The quantitative estimate of drug-likeness (QED) is 0.616. The molecule has 1 amide bonds. The molecule has 114 valence electrons. The van der Waals surface area contributed by atoms with E-state index in [2.05, 4.69) is 26.4 Å². The van der Waals surface area contributed by atoms with Crippen molar-refractivity contribution in [3.8, 4) is 0 Å². The van der Waals surface area contributed by atoms with Crippen LogP contribution in [0.5, 0.6) is 0 Å². The first-order valence-electron chi connectivity index (χ1n) is 6.51. The normalized spacial score (nSPS) is 10.7. The number of nitrogens with zero attached hydrogens (tertiary/aromatic N) is 1. The highest BCUT2D eigenvalue weighted by Gasteiger charge is 2.05. The van der Waals surface area contributed by atoms with Gasteiger partial charge in [0.2, 0.25) is 0 Å². The maximum absolute atomic E-state index is 11.8. The molecular weight excluding hydrogens is 368 g/mol. The molecule has 0 aromatic heterocycles. The molecule has 0 aliphatic heterocycles. The number of anilines is 1. The average Bonchev–Trinajstić information content (AvgIpc) is 2.49. The van der Waals surface area contributed by atoms with E-state index in [0.29, 0.717) is 10.7 Å². The van der Waals surface area contributed by atoms with Gasteiger partial charge in [0, 0.05) is 15.2 Å². The molecule has 22 heavy (non-hydrogen) atoms. The molecule has 2 aromatic carbocycles. The number of hydrogen-bond acceptors (Lipinski definition) is 3. The van der Waals surface area contributed by atoms with Crippen molar-refractivity contribution < 1.29 is 9.63 Å². The second-order valence-corrected chi connectivity index (χ2v) is 5.92. The molecule has 1 N–H and O–H groups in total. The molecule has 0 saturated carbocycles. The minimum absolute atomic E-state index is 0.168. The Morgan fingerprint density at radius 3 is 2.77 bits per heavy atom. The first-order chi connectivity index (χ1) is 10.5. The Morgan fingerprint density at radius 2 is 2.05 bits per heavy atom. The summed E-state index contributed by atoms with van der Waals surface area (Å²) in [6.45, 7) is 1.72. The summed E-state index contributed by atoms with van der Waals surface area (Å²) in [5.41, 5.74) is 2.48. The summed E-state index contributed by atoms with van der Waals surface area (Å²) in [6, 6.07) is 12.9. The van der Waals surface area contributed by atoms with Gasteiger partial charge >= 0.3 is 0 Å². The van der Waals surface area contributed by atoms with Gasteiger partial charge in [-0.1, -0.05) is 50.9 Å². The third-order valence-corrected chi connectivity index (χ3v) is 3.58. The van der Waals surface area contributed by atoms with E-state index in [9.17, 15) is 4.79 Å². The molecule has 0 aliphatic rings. The summed E-state index contributed by atoms with van der Waals surface area (Å²) < 4.78 is 0.988. The maximum Gasteiger partial charge on any atom is 0.265 e. The lowest BCUT2D eigenvalue weighted by molar-refractivity contribution is -0.120. The molecule has 2 rings (SSSR count). The Bertz CT molecular complexity index is 687. The van der Waals surface area contributed by atoms with Gasteiger partial charge in [0.15, 0.2) is 6.61 Å². The fourth-order valence-electron chi connectivity index (χ4n) is 1.66. The van der Waals surface area contributed by atoms with E-state index in [1.807, 2.05) is 37.3 Å². The summed E-state index contributed by atoms with van der Waals surface area (Å²) in [5, 5.41) is 7.06. The molecule has 6 heteroatoms. The molecule has 0 heterocycles. The van der Waals surface area contributed by atoms with E-state index >= 15 is 0 Å². The van der Waals surface area contributed by atoms with Crippen molar-refractivity contribution >= 4 is 45.3 Å². The molecule has 0 spiro atoms. The molecule has 0 atom stereocenters. The number of halogens is 2. The van der Waals surface area contributed by atoms with Gasteiger partial charge in [0.25, 0.3) is 5.91 Å². The van der Waals surface area contributed by atoms with Crippen LogP contribution in [0.4, 0.5) is 5.69 Å². The fourth-order valence-corrected chi connectivity index (χ4v) is 2.09. The molecule has 0 aliphatic carbocycles. The highest BCUT2D eigenvalue weighted by Crippen LogP contribution is 2.19. The van der Waals surface area contributed by atoms with Crippen molar-refractivity contribution in [2.75, 3.05) is 11.9 Å². The fraction of sp³-hybridized carbons (Fsp3) is 0.125. The lowest BCUT2D eigenvalue weighted by atomic mass is 10.2. The van der Waals surface area contributed by atoms with Crippen LogP contribution in [0.3, 0.4) is 0 Å². The zero-order chi connectivity index (χ0) is 15.9. The molecule has 0 unspecified atom stereocenters. The van der Waals surface area contributed by atoms with Crippen molar-refractivity contribution in [3.63, 3.8) is 0 Å². The number of carbonyl (C=O) groups excluding carboxylic acids is 1. The van der Waals surface area contributed by atoms with Gasteiger partial charge < -0.3 is 10.2 Å². The third-order valence-electron chi connectivity index (χ3n) is 2.82. The summed E-state index contributed by atoms with van der Waals surface area (Å²) in [7, 11) is 0. The summed E-state index contributed by atoms with van der Waals surface area (Å²) in [5.74, 6) is -0.293. The number of hydrogen-bond donors (Lipinski definition) is 1. The van der Waals surface area contributed by atoms with Gasteiger partial charge in [-0.05, 0) is 42.3 Å². The smallest absolute Gasteiger partial charge is 0.265 e. The topological polar surface area (TPSA) is 50.7 Å². The van der Waals surface area contributed by atoms with Crippen molar-refractivity contribution in [1.82, 2.24) is 0 Å². The number of nitrogens with one attached hydrogen (secondary N) is 1. The minimum atomic E-state index is -0.293. The highest BCUT2D eigenvalue weighted by molar-refractivity contribution is 9.10. The molecule has 0 fully saturated rings.